The van der Waals surface area contributed by atoms with Crippen LogP contribution < -0.4 is 0 Å². The van der Waals surface area contributed by atoms with Crippen LogP contribution in [0.5, 0.6) is 0 Å². The van der Waals surface area contributed by atoms with E-state index in [1.54, 1.807) is 0 Å². The molecule has 0 saturated heterocycles. The van der Waals surface area contributed by atoms with Crippen LogP contribution >= 0.6 is 0 Å². The average molecular weight is 707 g/mol. The second-order valence-electron chi connectivity index (χ2n) is 16.0. The number of esters is 1. The third-order valence-electron chi connectivity index (χ3n) is 10.8. The lowest BCUT2D eigenvalue weighted by Crippen LogP contribution is -2.18. The van der Waals surface area contributed by atoms with Crippen molar-refractivity contribution < 1.29 is 19.4 Å². The summed E-state index contributed by atoms with van der Waals surface area (Å²) in [5, 5.41) is 8.81. The monoisotopic (exact) mass is 707 g/mol. The SMILES string of the molecule is CCCCCCCCCCCCCCCCCCCCCCCC(=O)OC(CCCCCCCCCCCC)CCCCCCCCC(=O)O. The first-order valence-corrected chi connectivity index (χ1v) is 23.0. The molecule has 0 spiro atoms. The lowest BCUT2D eigenvalue weighted by atomic mass is 10.0. The maximum Gasteiger partial charge on any atom is 0.306 e. The number of unbranched alkanes of at least 4 members (excludes halogenated alkanes) is 34. The minimum absolute atomic E-state index is 0.0218. The standard InChI is InChI=1S/C46H90O4/c1-3-5-7-9-11-13-15-16-17-18-19-20-21-22-23-24-25-27-29-35-39-43-46(49)50-44(41-37-33-30-31-34-38-42-45(47)48)40-36-32-28-26-14-12-10-8-6-4-2/h44H,3-43H2,1-2H3,(H,47,48). The van der Waals surface area contributed by atoms with Crippen molar-refractivity contribution in [2.24, 2.45) is 0 Å². The van der Waals surface area contributed by atoms with E-state index in [2.05, 4.69) is 13.8 Å². The molecule has 0 rings (SSSR count). The van der Waals surface area contributed by atoms with Crippen molar-refractivity contribution in [3.8, 4) is 0 Å². The Morgan fingerprint density at radius 3 is 0.880 bits per heavy atom. The fourth-order valence-corrected chi connectivity index (χ4v) is 7.42. The summed E-state index contributed by atoms with van der Waals surface area (Å²) in [6, 6.07) is 0. The van der Waals surface area contributed by atoms with E-state index in [-0.39, 0.29) is 18.5 Å². The molecule has 0 fully saturated rings. The van der Waals surface area contributed by atoms with Gasteiger partial charge in [0.05, 0.1) is 0 Å². The van der Waals surface area contributed by atoms with Crippen molar-refractivity contribution in [2.45, 2.75) is 283 Å². The average Bonchev–Trinajstić information content (AvgIpc) is 3.10. The third-order valence-corrected chi connectivity index (χ3v) is 10.8. The molecule has 0 aromatic carbocycles. The molecular weight excluding hydrogens is 617 g/mol. The molecule has 1 atom stereocenters. The van der Waals surface area contributed by atoms with Gasteiger partial charge in [-0.25, -0.2) is 0 Å². The molecule has 0 bridgehead atoms. The highest BCUT2D eigenvalue weighted by molar-refractivity contribution is 5.69. The van der Waals surface area contributed by atoms with Gasteiger partial charge in [0.2, 0.25) is 0 Å². The van der Waals surface area contributed by atoms with E-state index in [0.717, 1.165) is 64.2 Å². The first-order valence-electron chi connectivity index (χ1n) is 23.0. The minimum Gasteiger partial charge on any atom is -0.481 e. The first-order chi connectivity index (χ1) is 24.6. The van der Waals surface area contributed by atoms with Gasteiger partial charge in [-0.05, 0) is 38.5 Å². The van der Waals surface area contributed by atoms with E-state index in [1.807, 2.05) is 0 Å². The summed E-state index contributed by atoms with van der Waals surface area (Å²) < 4.78 is 6.04. The van der Waals surface area contributed by atoms with Crippen molar-refractivity contribution in [2.75, 3.05) is 0 Å². The Hall–Kier alpha value is -1.06. The number of aliphatic carboxylic acids is 1. The van der Waals surface area contributed by atoms with Crippen molar-refractivity contribution in [1.29, 1.82) is 0 Å². The van der Waals surface area contributed by atoms with Crippen LogP contribution in [0.1, 0.15) is 277 Å². The molecule has 0 aromatic rings. The number of hydrogen-bond donors (Lipinski definition) is 1. The van der Waals surface area contributed by atoms with E-state index >= 15 is 0 Å². The second kappa shape index (κ2) is 42.4. The molecule has 298 valence electrons. The van der Waals surface area contributed by atoms with E-state index in [1.165, 1.54) is 186 Å². The van der Waals surface area contributed by atoms with Gasteiger partial charge in [-0.3, -0.25) is 9.59 Å². The Labute approximate surface area is 313 Å². The molecule has 4 heteroatoms. The smallest absolute Gasteiger partial charge is 0.306 e. The Morgan fingerprint density at radius 2 is 0.600 bits per heavy atom. The number of carboxylic acids is 1. The Morgan fingerprint density at radius 1 is 0.360 bits per heavy atom. The molecule has 0 radical (unpaired) electrons. The number of hydrogen-bond acceptors (Lipinski definition) is 3. The van der Waals surface area contributed by atoms with Crippen LogP contribution in [0.4, 0.5) is 0 Å². The van der Waals surface area contributed by atoms with Crippen molar-refractivity contribution >= 4 is 11.9 Å². The van der Waals surface area contributed by atoms with Gasteiger partial charge in [0.1, 0.15) is 6.10 Å². The molecule has 0 heterocycles. The number of carbonyl (C=O) groups is 2. The van der Waals surface area contributed by atoms with Crippen LogP contribution in [0, 0.1) is 0 Å². The fourth-order valence-electron chi connectivity index (χ4n) is 7.42. The molecular formula is C46H90O4. The largest absolute Gasteiger partial charge is 0.481 e. The van der Waals surface area contributed by atoms with E-state index in [9.17, 15) is 9.59 Å². The summed E-state index contributed by atoms with van der Waals surface area (Å²) in [6.45, 7) is 4.57. The first kappa shape index (κ1) is 48.9. The molecule has 4 nitrogen and oxygen atoms in total. The third kappa shape index (κ3) is 41.4. The molecule has 0 aliphatic rings. The van der Waals surface area contributed by atoms with Crippen LogP contribution in [0.25, 0.3) is 0 Å². The Bertz CT molecular complexity index is 677. The highest BCUT2D eigenvalue weighted by atomic mass is 16.5. The van der Waals surface area contributed by atoms with Gasteiger partial charge >= 0.3 is 11.9 Å². The Kier molecular flexibility index (Phi) is 41.5. The van der Waals surface area contributed by atoms with Gasteiger partial charge in [-0.15, -0.1) is 0 Å². The normalized spacial score (nSPS) is 12.0. The number of carbonyl (C=O) groups excluding carboxylic acids is 1. The summed E-state index contributed by atoms with van der Waals surface area (Å²) in [5.41, 5.74) is 0. The van der Waals surface area contributed by atoms with Crippen LogP contribution in [0.3, 0.4) is 0 Å². The van der Waals surface area contributed by atoms with Gasteiger partial charge < -0.3 is 9.84 Å². The summed E-state index contributed by atoms with van der Waals surface area (Å²) in [4.78, 5) is 23.4. The molecule has 0 aromatic heterocycles. The van der Waals surface area contributed by atoms with Crippen molar-refractivity contribution in [3.05, 3.63) is 0 Å². The summed E-state index contributed by atoms with van der Waals surface area (Å²) in [6.07, 6.45) is 51.5. The minimum atomic E-state index is -0.688. The van der Waals surface area contributed by atoms with Gasteiger partial charge in [-0.2, -0.15) is 0 Å². The molecule has 0 aliphatic carbocycles. The topological polar surface area (TPSA) is 63.6 Å². The molecule has 50 heavy (non-hydrogen) atoms. The Balaban J connectivity index is 3.84. The van der Waals surface area contributed by atoms with E-state index in [0.29, 0.717) is 6.42 Å². The quantitative estimate of drug-likeness (QED) is 0.0506. The lowest BCUT2D eigenvalue weighted by molar-refractivity contribution is -0.150. The van der Waals surface area contributed by atoms with Gasteiger partial charge in [-0.1, -0.05) is 226 Å². The summed E-state index contributed by atoms with van der Waals surface area (Å²) in [5.74, 6) is -0.666. The van der Waals surface area contributed by atoms with E-state index < -0.39 is 5.97 Å². The molecule has 0 aliphatic heterocycles. The molecule has 0 saturated carbocycles. The lowest BCUT2D eigenvalue weighted by Gasteiger charge is -2.18. The maximum absolute atomic E-state index is 12.7. The fraction of sp³-hybridized carbons (Fsp3) is 0.957. The zero-order valence-corrected chi connectivity index (χ0v) is 34.2. The zero-order chi connectivity index (χ0) is 36.4. The molecule has 1 unspecified atom stereocenters. The highest BCUT2D eigenvalue weighted by Crippen LogP contribution is 2.20. The second-order valence-corrected chi connectivity index (χ2v) is 16.0. The maximum atomic E-state index is 12.7. The van der Waals surface area contributed by atoms with Crippen molar-refractivity contribution in [3.63, 3.8) is 0 Å². The predicted molar refractivity (Wildman–Crippen MR) is 218 cm³/mol. The van der Waals surface area contributed by atoms with Crippen LogP contribution in [0.2, 0.25) is 0 Å². The highest BCUT2D eigenvalue weighted by Gasteiger charge is 2.14. The molecule has 0 amide bonds. The number of ether oxygens (including phenoxy) is 1. The summed E-state index contributed by atoms with van der Waals surface area (Å²) >= 11 is 0. The van der Waals surface area contributed by atoms with Crippen LogP contribution in [-0.4, -0.2) is 23.1 Å². The number of rotatable bonds is 43. The van der Waals surface area contributed by atoms with E-state index in [4.69, 9.17) is 9.84 Å². The molecule has 1 N–H and O–H groups in total. The predicted octanol–water partition coefficient (Wildman–Crippen LogP) is 16.0. The van der Waals surface area contributed by atoms with Crippen molar-refractivity contribution in [1.82, 2.24) is 0 Å². The van der Waals surface area contributed by atoms with Gasteiger partial charge in [0.25, 0.3) is 0 Å². The van der Waals surface area contributed by atoms with Crippen LogP contribution in [-0.2, 0) is 14.3 Å². The number of carboxylic acid groups (broad SMARTS) is 1. The van der Waals surface area contributed by atoms with Gasteiger partial charge in [0, 0.05) is 12.8 Å². The van der Waals surface area contributed by atoms with Gasteiger partial charge in [0.15, 0.2) is 0 Å². The van der Waals surface area contributed by atoms with Crippen LogP contribution in [0.15, 0.2) is 0 Å². The zero-order valence-electron chi connectivity index (χ0n) is 34.2. The summed E-state index contributed by atoms with van der Waals surface area (Å²) in [7, 11) is 0.